The van der Waals surface area contributed by atoms with Crippen LogP contribution in [0, 0.1) is 0 Å². The lowest BCUT2D eigenvalue weighted by Gasteiger charge is -2.01. The average Bonchev–Trinajstić information content (AvgIpc) is 2.39. The molecule has 2 aromatic rings. The van der Waals surface area contributed by atoms with Gasteiger partial charge in [-0.3, -0.25) is 9.59 Å². The number of fused-ring (bicyclic) bond motifs is 1. The van der Waals surface area contributed by atoms with Crippen LogP contribution in [0.5, 0.6) is 0 Å². The van der Waals surface area contributed by atoms with Crippen molar-refractivity contribution in [2.45, 2.75) is 13.3 Å². The van der Waals surface area contributed by atoms with Gasteiger partial charge in [-0.15, -0.1) is 0 Å². The monoisotopic (exact) mass is 256 g/mol. The van der Waals surface area contributed by atoms with Crippen LogP contribution in [-0.2, 0) is 4.79 Å². The number of carbonyl (C=O) groups excluding carboxylic acids is 1. The van der Waals surface area contributed by atoms with Gasteiger partial charge in [0.25, 0.3) is 0 Å². The number of hydrogen-bond acceptors (Lipinski definition) is 2. The maximum absolute atomic E-state index is 11.7. The molecule has 4 heteroatoms. The fraction of sp³-hybridized carbons (Fsp3) is 0.200. The standard InChI is InChI=1S/C15H16N2O2/c1-11(18)16-9-3-2-5-12-6-4-7-13-14(19)8-10-17-15(12)13/h2,4-8,10H,3,9H2,1H3,(H,16,18)(H,17,19). The minimum absolute atomic E-state index is 0.0160. The Labute approximate surface area is 111 Å². The van der Waals surface area contributed by atoms with Gasteiger partial charge >= 0.3 is 0 Å². The second-order valence-corrected chi connectivity index (χ2v) is 4.29. The Morgan fingerprint density at radius 3 is 3.00 bits per heavy atom. The minimum Gasteiger partial charge on any atom is -0.360 e. The summed E-state index contributed by atoms with van der Waals surface area (Å²) in [4.78, 5) is 25.5. The second-order valence-electron chi connectivity index (χ2n) is 4.29. The molecule has 0 unspecified atom stereocenters. The number of rotatable bonds is 4. The van der Waals surface area contributed by atoms with Crippen molar-refractivity contribution >= 4 is 22.9 Å². The van der Waals surface area contributed by atoms with E-state index < -0.39 is 0 Å². The summed E-state index contributed by atoms with van der Waals surface area (Å²) in [6, 6.07) is 7.15. The number of hydrogen-bond donors (Lipinski definition) is 2. The summed E-state index contributed by atoms with van der Waals surface area (Å²) in [5, 5.41) is 3.42. The van der Waals surface area contributed by atoms with Crippen LogP contribution in [0.1, 0.15) is 18.9 Å². The Hall–Kier alpha value is -2.36. The molecule has 0 radical (unpaired) electrons. The van der Waals surface area contributed by atoms with E-state index in [0.29, 0.717) is 11.9 Å². The number of nitrogens with one attached hydrogen (secondary N) is 2. The van der Waals surface area contributed by atoms with Crippen LogP contribution < -0.4 is 10.7 Å². The van der Waals surface area contributed by atoms with Gasteiger partial charge in [-0.1, -0.05) is 24.3 Å². The van der Waals surface area contributed by atoms with E-state index in [9.17, 15) is 9.59 Å². The highest BCUT2D eigenvalue weighted by molar-refractivity contribution is 5.86. The number of pyridine rings is 1. The largest absolute Gasteiger partial charge is 0.360 e. The molecule has 0 fully saturated rings. The third-order valence-electron chi connectivity index (χ3n) is 2.81. The lowest BCUT2D eigenvalue weighted by Crippen LogP contribution is -2.20. The van der Waals surface area contributed by atoms with Gasteiger partial charge in [-0.2, -0.15) is 0 Å². The molecule has 0 saturated carbocycles. The molecule has 1 amide bonds. The van der Waals surface area contributed by atoms with Crippen LogP contribution in [0.2, 0.25) is 0 Å². The molecule has 0 saturated heterocycles. The maximum Gasteiger partial charge on any atom is 0.216 e. The van der Waals surface area contributed by atoms with Crippen LogP contribution in [0.25, 0.3) is 17.0 Å². The third-order valence-corrected chi connectivity index (χ3v) is 2.81. The summed E-state index contributed by atoms with van der Waals surface area (Å²) in [6.45, 7) is 2.12. The van der Waals surface area contributed by atoms with Gasteiger partial charge in [0.2, 0.25) is 5.91 Å². The number of amides is 1. The van der Waals surface area contributed by atoms with Crippen molar-refractivity contribution in [2.24, 2.45) is 0 Å². The van der Waals surface area contributed by atoms with E-state index in [4.69, 9.17) is 0 Å². The van der Waals surface area contributed by atoms with Crippen molar-refractivity contribution in [3.05, 3.63) is 52.3 Å². The molecule has 1 aromatic carbocycles. The Bertz CT molecular complexity index is 671. The Balaban J connectivity index is 2.17. The van der Waals surface area contributed by atoms with E-state index in [-0.39, 0.29) is 11.3 Å². The SMILES string of the molecule is CC(=O)NCCC=Cc1cccc2c(=O)cc[nH]c12. The number of H-pyrrole nitrogens is 1. The molecule has 0 aliphatic heterocycles. The van der Waals surface area contributed by atoms with Gasteiger partial charge in [0.1, 0.15) is 0 Å². The molecule has 19 heavy (non-hydrogen) atoms. The molecular weight excluding hydrogens is 240 g/mol. The molecule has 4 nitrogen and oxygen atoms in total. The van der Waals surface area contributed by atoms with E-state index >= 15 is 0 Å². The van der Waals surface area contributed by atoms with Crippen molar-refractivity contribution in [1.29, 1.82) is 0 Å². The zero-order chi connectivity index (χ0) is 13.7. The predicted molar refractivity (Wildman–Crippen MR) is 76.9 cm³/mol. The Morgan fingerprint density at radius 2 is 2.21 bits per heavy atom. The van der Waals surface area contributed by atoms with Crippen molar-refractivity contribution < 1.29 is 4.79 Å². The summed E-state index contributed by atoms with van der Waals surface area (Å²) < 4.78 is 0. The first-order chi connectivity index (χ1) is 9.18. The molecule has 1 aromatic heterocycles. The first-order valence-corrected chi connectivity index (χ1v) is 6.20. The van der Waals surface area contributed by atoms with Crippen LogP contribution >= 0.6 is 0 Å². The molecule has 98 valence electrons. The van der Waals surface area contributed by atoms with Crippen LogP contribution in [0.15, 0.2) is 41.3 Å². The van der Waals surface area contributed by atoms with E-state index in [1.54, 1.807) is 6.20 Å². The number of aromatic nitrogens is 1. The average molecular weight is 256 g/mol. The first kappa shape index (κ1) is 13.1. The van der Waals surface area contributed by atoms with Gasteiger partial charge in [0, 0.05) is 31.1 Å². The van der Waals surface area contributed by atoms with E-state index in [1.807, 2.05) is 30.4 Å². The smallest absolute Gasteiger partial charge is 0.216 e. The molecule has 0 aliphatic carbocycles. The molecule has 0 atom stereocenters. The quantitative estimate of drug-likeness (QED) is 0.823. The highest BCUT2D eigenvalue weighted by Gasteiger charge is 2.00. The second kappa shape index (κ2) is 6.00. The first-order valence-electron chi connectivity index (χ1n) is 6.20. The van der Waals surface area contributed by atoms with Crippen LogP contribution in [0.3, 0.4) is 0 Å². The predicted octanol–water partition coefficient (Wildman–Crippen LogP) is 2.07. The van der Waals surface area contributed by atoms with Crippen LogP contribution in [-0.4, -0.2) is 17.4 Å². The van der Waals surface area contributed by atoms with Crippen molar-refractivity contribution in [1.82, 2.24) is 10.3 Å². The van der Waals surface area contributed by atoms with Crippen molar-refractivity contribution in [3.8, 4) is 0 Å². The van der Waals surface area contributed by atoms with Crippen LogP contribution in [0.4, 0.5) is 0 Å². The summed E-state index contributed by atoms with van der Waals surface area (Å²) in [5.74, 6) is -0.0251. The zero-order valence-corrected chi connectivity index (χ0v) is 10.8. The summed E-state index contributed by atoms with van der Waals surface area (Å²) in [5.41, 5.74) is 1.83. The lowest BCUT2D eigenvalue weighted by molar-refractivity contribution is -0.118. The minimum atomic E-state index is -0.0251. The fourth-order valence-electron chi connectivity index (χ4n) is 1.91. The lowest BCUT2D eigenvalue weighted by atomic mass is 10.1. The number of aromatic amines is 1. The normalized spacial score (nSPS) is 11.0. The topological polar surface area (TPSA) is 62.0 Å². The number of carbonyl (C=O) groups is 1. The molecule has 1 heterocycles. The maximum atomic E-state index is 11.7. The van der Waals surface area contributed by atoms with Gasteiger partial charge < -0.3 is 10.3 Å². The molecule has 0 aliphatic rings. The number of benzene rings is 1. The molecule has 2 N–H and O–H groups in total. The third kappa shape index (κ3) is 3.31. The molecule has 0 bridgehead atoms. The van der Waals surface area contributed by atoms with Gasteiger partial charge in [-0.05, 0) is 18.1 Å². The van der Waals surface area contributed by atoms with E-state index in [0.717, 1.165) is 17.5 Å². The Kier molecular flexibility index (Phi) is 4.13. The highest BCUT2D eigenvalue weighted by Crippen LogP contribution is 2.14. The summed E-state index contributed by atoms with van der Waals surface area (Å²) >= 11 is 0. The molecule has 2 rings (SSSR count). The highest BCUT2D eigenvalue weighted by atomic mass is 16.1. The van der Waals surface area contributed by atoms with E-state index in [2.05, 4.69) is 10.3 Å². The van der Waals surface area contributed by atoms with Gasteiger partial charge in [0.05, 0.1) is 5.52 Å². The van der Waals surface area contributed by atoms with Crippen molar-refractivity contribution in [2.75, 3.05) is 6.54 Å². The summed E-state index contributed by atoms with van der Waals surface area (Å²) in [6.07, 6.45) is 6.35. The number of para-hydroxylation sites is 1. The Morgan fingerprint density at radius 1 is 1.37 bits per heavy atom. The van der Waals surface area contributed by atoms with Gasteiger partial charge in [0.15, 0.2) is 5.43 Å². The van der Waals surface area contributed by atoms with Crippen molar-refractivity contribution in [3.63, 3.8) is 0 Å². The van der Waals surface area contributed by atoms with E-state index in [1.165, 1.54) is 13.0 Å². The zero-order valence-electron chi connectivity index (χ0n) is 10.8. The summed E-state index contributed by atoms with van der Waals surface area (Å²) in [7, 11) is 0. The molecule has 0 spiro atoms. The van der Waals surface area contributed by atoms with Gasteiger partial charge in [-0.25, -0.2) is 0 Å². The fourth-order valence-corrected chi connectivity index (χ4v) is 1.91. The molecular formula is C15H16N2O2.